The Morgan fingerprint density at radius 2 is 1.78 bits per heavy atom. The van der Waals surface area contributed by atoms with Gasteiger partial charge in [-0.05, 0) is 48.7 Å². The van der Waals surface area contributed by atoms with Crippen molar-refractivity contribution in [2.45, 2.75) is 16.7 Å². The number of allylic oxidation sites excluding steroid dienone is 1. The summed E-state index contributed by atoms with van der Waals surface area (Å²) in [5.41, 5.74) is -0.674. The SMILES string of the molecule is C/C(O)=C(/N=N/c1ccccc1C(=O)O)C(=O)Nc1ccc2cc(SOOO)cc(S(=O)(=O)O)c2c1. The summed E-state index contributed by atoms with van der Waals surface area (Å²) in [5, 5.41) is 41.2. The monoisotopic (exact) mass is 535 g/mol. The first-order valence-corrected chi connectivity index (χ1v) is 11.8. The molecule has 0 saturated carbocycles. The highest BCUT2D eigenvalue weighted by Gasteiger charge is 2.19. The smallest absolute Gasteiger partial charge is 0.337 e. The first-order chi connectivity index (χ1) is 17.0. The summed E-state index contributed by atoms with van der Waals surface area (Å²) in [7, 11) is -4.72. The van der Waals surface area contributed by atoms with Crippen molar-refractivity contribution in [2.24, 2.45) is 10.2 Å². The third kappa shape index (κ3) is 6.42. The van der Waals surface area contributed by atoms with Crippen LogP contribution in [0.15, 0.2) is 86.1 Å². The fraction of sp³-hybridized carbons (Fsp3) is 0.0476. The number of carbonyl (C=O) groups is 2. The van der Waals surface area contributed by atoms with Gasteiger partial charge in [-0.3, -0.25) is 9.35 Å². The van der Waals surface area contributed by atoms with Crippen molar-refractivity contribution in [2.75, 3.05) is 5.32 Å². The molecule has 0 aliphatic heterocycles. The van der Waals surface area contributed by atoms with Gasteiger partial charge < -0.3 is 15.5 Å². The molecule has 0 fully saturated rings. The number of azo groups is 1. The van der Waals surface area contributed by atoms with Gasteiger partial charge in [0.05, 0.1) is 17.6 Å². The van der Waals surface area contributed by atoms with Gasteiger partial charge in [-0.2, -0.15) is 8.42 Å². The number of aliphatic hydroxyl groups is 1. The minimum atomic E-state index is -4.72. The number of aliphatic hydroxyl groups excluding tert-OH is 1. The van der Waals surface area contributed by atoms with Crippen LogP contribution in [-0.2, 0) is 24.3 Å². The number of hydrogen-bond acceptors (Lipinski definition) is 11. The van der Waals surface area contributed by atoms with Crippen molar-refractivity contribution in [1.29, 1.82) is 0 Å². The third-order valence-electron chi connectivity index (χ3n) is 4.54. The lowest BCUT2D eigenvalue weighted by atomic mass is 10.1. The van der Waals surface area contributed by atoms with Gasteiger partial charge in [-0.15, -0.1) is 14.6 Å². The van der Waals surface area contributed by atoms with Crippen molar-refractivity contribution in [3.63, 3.8) is 0 Å². The average Bonchev–Trinajstić information content (AvgIpc) is 2.81. The number of fused-ring (bicyclic) bond motifs is 1. The summed E-state index contributed by atoms with van der Waals surface area (Å²) < 4.78 is 37.8. The molecular formula is C21H17N3O10S2. The molecule has 0 heterocycles. The van der Waals surface area contributed by atoms with E-state index in [9.17, 15) is 32.8 Å². The number of aromatic carboxylic acids is 1. The molecule has 0 bridgehead atoms. The first kappa shape index (κ1) is 26.7. The molecule has 1 amide bonds. The molecular weight excluding hydrogens is 518 g/mol. The second-order valence-corrected chi connectivity index (χ2v) is 9.13. The van der Waals surface area contributed by atoms with E-state index in [0.717, 1.165) is 6.07 Å². The fourth-order valence-electron chi connectivity index (χ4n) is 3.01. The number of carboxylic acids is 1. The Morgan fingerprint density at radius 3 is 2.42 bits per heavy atom. The standard InChI is InChI=1S/C21H17N3O10S2/c1-11(25)19(24-23-17-5-3-2-4-15(17)21(27)28)20(26)22-13-7-6-12-8-14(35-34-33-29)10-18(16(12)9-13)36(30,31)32/h2-10,25,29H,1H3,(H,22,26)(H,27,28)(H,30,31,32)/b19-11-,24-23+. The number of nitrogens with zero attached hydrogens (tertiary/aromatic N) is 2. The van der Waals surface area contributed by atoms with Gasteiger partial charge in [-0.25, -0.2) is 10.1 Å². The lowest BCUT2D eigenvalue weighted by molar-refractivity contribution is -0.432. The molecule has 0 radical (unpaired) electrons. The van der Waals surface area contributed by atoms with Gasteiger partial charge in [0.25, 0.3) is 16.0 Å². The summed E-state index contributed by atoms with van der Waals surface area (Å²) in [4.78, 5) is 23.7. The molecule has 0 atom stereocenters. The van der Waals surface area contributed by atoms with Gasteiger partial charge >= 0.3 is 5.97 Å². The molecule has 3 aromatic carbocycles. The minimum absolute atomic E-state index is 0.0350. The van der Waals surface area contributed by atoms with E-state index in [1.807, 2.05) is 0 Å². The molecule has 36 heavy (non-hydrogen) atoms. The van der Waals surface area contributed by atoms with Crippen LogP contribution < -0.4 is 5.32 Å². The van der Waals surface area contributed by atoms with E-state index in [1.165, 1.54) is 55.5 Å². The van der Waals surface area contributed by atoms with Crippen LogP contribution in [0.25, 0.3) is 10.8 Å². The number of anilines is 1. The van der Waals surface area contributed by atoms with Crippen molar-refractivity contribution in [3.8, 4) is 0 Å². The zero-order chi connectivity index (χ0) is 26.5. The Hall–Kier alpha value is -3.86. The maximum atomic E-state index is 12.8. The number of carboxylic acid groups (broad SMARTS) is 1. The van der Waals surface area contributed by atoms with Gasteiger partial charge in [-0.1, -0.05) is 23.2 Å². The normalized spacial score (nSPS) is 12.5. The summed E-state index contributed by atoms with van der Waals surface area (Å²) >= 11 is 0.483. The molecule has 3 aromatic rings. The van der Waals surface area contributed by atoms with Crippen LogP contribution in [0.1, 0.15) is 17.3 Å². The minimum Gasteiger partial charge on any atom is -0.510 e. The third-order valence-corrected chi connectivity index (χ3v) is 5.99. The first-order valence-electron chi connectivity index (χ1n) is 9.66. The van der Waals surface area contributed by atoms with Crippen LogP contribution in [-0.4, -0.2) is 40.3 Å². The van der Waals surface area contributed by atoms with E-state index in [4.69, 9.17) is 5.26 Å². The second kappa shape index (κ2) is 11.3. The summed E-state index contributed by atoms with van der Waals surface area (Å²) in [6.07, 6.45) is 0. The van der Waals surface area contributed by atoms with Crippen molar-refractivity contribution in [3.05, 3.63) is 71.6 Å². The van der Waals surface area contributed by atoms with Crippen LogP contribution >= 0.6 is 12.0 Å². The molecule has 0 spiro atoms. The van der Waals surface area contributed by atoms with Crippen molar-refractivity contribution < 1.29 is 47.4 Å². The molecule has 0 aliphatic carbocycles. The van der Waals surface area contributed by atoms with Crippen LogP contribution in [0, 0.1) is 0 Å². The Balaban J connectivity index is 1.95. The number of carbonyl (C=O) groups excluding carboxylic acids is 1. The summed E-state index contributed by atoms with van der Waals surface area (Å²) in [6.45, 7) is 1.17. The predicted octanol–water partition coefficient (Wildman–Crippen LogP) is 4.72. The number of amides is 1. The molecule has 15 heteroatoms. The van der Waals surface area contributed by atoms with E-state index in [1.54, 1.807) is 0 Å². The van der Waals surface area contributed by atoms with Crippen LogP contribution in [0.2, 0.25) is 0 Å². The quantitative estimate of drug-likeness (QED) is 0.0482. The van der Waals surface area contributed by atoms with Crippen LogP contribution in [0.4, 0.5) is 11.4 Å². The highest BCUT2D eigenvalue weighted by Crippen LogP contribution is 2.32. The Bertz CT molecular complexity index is 1500. The number of hydrogen-bond donors (Lipinski definition) is 5. The highest BCUT2D eigenvalue weighted by molar-refractivity contribution is 7.94. The van der Waals surface area contributed by atoms with Gasteiger partial charge in [0.2, 0.25) is 0 Å². The largest absolute Gasteiger partial charge is 0.510 e. The Kier molecular flexibility index (Phi) is 8.36. The maximum Gasteiger partial charge on any atom is 0.337 e. The zero-order valence-electron chi connectivity index (χ0n) is 18.1. The maximum absolute atomic E-state index is 12.8. The lowest BCUT2D eigenvalue weighted by Gasteiger charge is -2.10. The topological polar surface area (TPSA) is 204 Å². The summed E-state index contributed by atoms with van der Waals surface area (Å²) in [5.74, 6) is -2.71. The molecule has 0 aliphatic rings. The predicted molar refractivity (Wildman–Crippen MR) is 126 cm³/mol. The van der Waals surface area contributed by atoms with Crippen molar-refractivity contribution >= 4 is 56.2 Å². The molecule has 0 aromatic heterocycles. The van der Waals surface area contributed by atoms with Gasteiger partial charge in [0, 0.05) is 16.0 Å². The lowest BCUT2D eigenvalue weighted by Crippen LogP contribution is -2.14. The second-order valence-electron chi connectivity index (χ2n) is 6.97. The van der Waals surface area contributed by atoms with Gasteiger partial charge in [0.15, 0.2) is 5.70 Å². The Morgan fingerprint density at radius 1 is 1.06 bits per heavy atom. The zero-order valence-corrected chi connectivity index (χ0v) is 19.8. The molecule has 0 unspecified atom stereocenters. The fourth-order valence-corrected chi connectivity index (χ4v) is 4.26. The van der Waals surface area contributed by atoms with E-state index >= 15 is 0 Å². The molecule has 5 N–H and O–H groups in total. The van der Waals surface area contributed by atoms with Crippen LogP contribution in [0.3, 0.4) is 0 Å². The molecule has 13 nitrogen and oxygen atoms in total. The van der Waals surface area contributed by atoms with E-state index in [0.29, 0.717) is 17.4 Å². The molecule has 188 valence electrons. The van der Waals surface area contributed by atoms with E-state index in [2.05, 4.69) is 24.9 Å². The average molecular weight is 536 g/mol. The van der Waals surface area contributed by atoms with Crippen molar-refractivity contribution in [1.82, 2.24) is 0 Å². The molecule has 3 rings (SSSR count). The van der Waals surface area contributed by atoms with E-state index < -0.39 is 38.3 Å². The van der Waals surface area contributed by atoms with Crippen LogP contribution in [0.5, 0.6) is 0 Å². The Labute approximate surface area is 207 Å². The number of benzene rings is 3. The summed E-state index contributed by atoms with van der Waals surface area (Å²) in [6, 6.07) is 12.3. The molecule has 0 saturated heterocycles. The van der Waals surface area contributed by atoms with E-state index in [-0.39, 0.29) is 27.2 Å². The highest BCUT2D eigenvalue weighted by atomic mass is 32.2. The number of rotatable bonds is 9. The van der Waals surface area contributed by atoms with Gasteiger partial charge in [0.1, 0.15) is 16.3 Å². The number of nitrogens with one attached hydrogen (secondary N) is 1.